The van der Waals surface area contributed by atoms with Gasteiger partial charge in [0.25, 0.3) is 0 Å². The topological polar surface area (TPSA) is 63.6 Å². The molecule has 0 aliphatic carbocycles. The zero-order valence-corrected chi connectivity index (χ0v) is 12.9. The maximum Gasteiger partial charge on any atom is 0.157 e. The van der Waals surface area contributed by atoms with Gasteiger partial charge >= 0.3 is 0 Å². The number of sulfone groups is 1. The smallest absolute Gasteiger partial charge is 0.157 e. The lowest BCUT2D eigenvalue weighted by Crippen LogP contribution is -2.16. The molecule has 0 saturated carbocycles. The molecule has 2 aromatic carbocycles. The summed E-state index contributed by atoms with van der Waals surface area (Å²) in [5, 5.41) is 10.1. The lowest BCUT2D eigenvalue weighted by atomic mass is 10.1. The zero-order valence-electron chi connectivity index (χ0n) is 12.1. The lowest BCUT2D eigenvalue weighted by Gasteiger charge is -2.13. The predicted octanol–water partition coefficient (Wildman–Crippen LogP) is 2.48. The van der Waals surface area contributed by atoms with Crippen LogP contribution in [0.15, 0.2) is 48.5 Å². The summed E-state index contributed by atoms with van der Waals surface area (Å²) in [6, 6.07) is 12.0. The summed E-state index contributed by atoms with van der Waals surface area (Å²) < 4.78 is 42.4. The molecule has 0 saturated heterocycles. The van der Waals surface area contributed by atoms with Crippen LogP contribution in [0.1, 0.15) is 17.2 Å². The minimum Gasteiger partial charge on any atom is -0.497 e. The summed E-state index contributed by atoms with van der Waals surface area (Å²) >= 11 is 0. The molecule has 0 fully saturated rings. The Kier molecular flexibility index (Phi) is 5.15. The molecular weight excluding hydrogens is 307 g/mol. The lowest BCUT2D eigenvalue weighted by molar-refractivity contribution is 0.201. The first-order valence-corrected chi connectivity index (χ1v) is 8.48. The number of hydrogen-bond acceptors (Lipinski definition) is 4. The van der Waals surface area contributed by atoms with Gasteiger partial charge in [-0.05, 0) is 35.4 Å². The highest BCUT2D eigenvalue weighted by Gasteiger charge is 2.20. The number of aliphatic hydroxyl groups excluding tert-OH is 1. The summed E-state index contributed by atoms with van der Waals surface area (Å²) in [4.78, 5) is 0. The number of ether oxygens (including phenoxy) is 1. The van der Waals surface area contributed by atoms with Crippen molar-refractivity contribution in [3.05, 3.63) is 65.5 Å². The van der Waals surface area contributed by atoms with Crippen LogP contribution < -0.4 is 4.74 Å². The summed E-state index contributed by atoms with van der Waals surface area (Å²) in [6.45, 7) is 0. The Balaban J connectivity index is 2.10. The molecule has 0 spiro atoms. The molecule has 2 rings (SSSR count). The van der Waals surface area contributed by atoms with Crippen LogP contribution in [-0.2, 0) is 15.6 Å². The number of benzene rings is 2. The van der Waals surface area contributed by atoms with Crippen molar-refractivity contribution < 1.29 is 22.7 Å². The first-order chi connectivity index (χ1) is 10.4. The van der Waals surface area contributed by atoms with Crippen LogP contribution >= 0.6 is 0 Å². The molecule has 0 aromatic heterocycles. The van der Waals surface area contributed by atoms with Gasteiger partial charge in [0.1, 0.15) is 11.6 Å². The van der Waals surface area contributed by atoms with E-state index in [2.05, 4.69) is 0 Å². The first kappa shape index (κ1) is 16.5. The van der Waals surface area contributed by atoms with E-state index in [0.717, 1.165) is 0 Å². The highest BCUT2D eigenvalue weighted by Crippen LogP contribution is 2.21. The van der Waals surface area contributed by atoms with Gasteiger partial charge in [0.15, 0.2) is 9.84 Å². The molecule has 22 heavy (non-hydrogen) atoms. The van der Waals surface area contributed by atoms with E-state index >= 15 is 0 Å². The SMILES string of the molecule is COc1cccc(C(O)CS(=O)(=O)Cc2cccc(F)c2)c1. The Bertz CT molecular complexity index is 743. The molecule has 0 aliphatic heterocycles. The zero-order chi connectivity index (χ0) is 16.2. The summed E-state index contributed by atoms with van der Waals surface area (Å²) in [5.41, 5.74) is 0.819. The van der Waals surface area contributed by atoms with E-state index in [-0.39, 0.29) is 5.75 Å². The number of halogens is 1. The predicted molar refractivity (Wildman–Crippen MR) is 81.8 cm³/mol. The number of rotatable bonds is 6. The largest absolute Gasteiger partial charge is 0.497 e. The van der Waals surface area contributed by atoms with Crippen LogP contribution in [0.2, 0.25) is 0 Å². The van der Waals surface area contributed by atoms with Gasteiger partial charge in [0.05, 0.1) is 24.7 Å². The molecule has 0 aliphatic rings. The van der Waals surface area contributed by atoms with Crippen molar-refractivity contribution in [3.8, 4) is 5.75 Å². The Hall–Kier alpha value is -1.92. The third kappa shape index (κ3) is 4.54. The molecular formula is C16H17FO4S. The Labute approximate surface area is 129 Å². The van der Waals surface area contributed by atoms with E-state index in [1.165, 1.54) is 25.3 Å². The third-order valence-corrected chi connectivity index (χ3v) is 4.76. The Morgan fingerprint density at radius 2 is 1.91 bits per heavy atom. The van der Waals surface area contributed by atoms with Gasteiger partial charge in [-0.15, -0.1) is 0 Å². The van der Waals surface area contributed by atoms with Crippen molar-refractivity contribution in [1.29, 1.82) is 0 Å². The van der Waals surface area contributed by atoms with Crippen molar-refractivity contribution in [1.82, 2.24) is 0 Å². The van der Waals surface area contributed by atoms with Gasteiger partial charge in [-0.3, -0.25) is 0 Å². The average molecular weight is 324 g/mol. The van der Waals surface area contributed by atoms with Gasteiger partial charge in [-0.2, -0.15) is 0 Å². The van der Waals surface area contributed by atoms with Gasteiger partial charge in [-0.1, -0.05) is 24.3 Å². The minimum absolute atomic E-state index is 0.314. The van der Waals surface area contributed by atoms with Crippen molar-refractivity contribution in [2.45, 2.75) is 11.9 Å². The fraction of sp³-hybridized carbons (Fsp3) is 0.250. The van der Waals surface area contributed by atoms with Crippen molar-refractivity contribution in [2.75, 3.05) is 12.9 Å². The minimum atomic E-state index is -3.58. The van der Waals surface area contributed by atoms with Crippen LogP contribution in [0.5, 0.6) is 5.75 Å². The van der Waals surface area contributed by atoms with Crippen LogP contribution in [-0.4, -0.2) is 26.4 Å². The molecule has 0 radical (unpaired) electrons. The number of methoxy groups -OCH3 is 1. The first-order valence-electron chi connectivity index (χ1n) is 6.66. The maximum atomic E-state index is 13.1. The maximum absolute atomic E-state index is 13.1. The van der Waals surface area contributed by atoms with E-state index in [1.54, 1.807) is 30.3 Å². The average Bonchev–Trinajstić information content (AvgIpc) is 2.46. The molecule has 4 nitrogen and oxygen atoms in total. The van der Waals surface area contributed by atoms with Gasteiger partial charge < -0.3 is 9.84 Å². The fourth-order valence-electron chi connectivity index (χ4n) is 2.13. The van der Waals surface area contributed by atoms with Crippen LogP contribution in [0.25, 0.3) is 0 Å². The van der Waals surface area contributed by atoms with Crippen LogP contribution in [0, 0.1) is 5.82 Å². The van der Waals surface area contributed by atoms with Crippen molar-refractivity contribution in [2.24, 2.45) is 0 Å². The molecule has 1 N–H and O–H groups in total. The van der Waals surface area contributed by atoms with Crippen molar-refractivity contribution in [3.63, 3.8) is 0 Å². The van der Waals surface area contributed by atoms with Crippen LogP contribution in [0.4, 0.5) is 4.39 Å². The monoisotopic (exact) mass is 324 g/mol. The molecule has 0 amide bonds. The molecule has 1 unspecified atom stereocenters. The van der Waals surface area contributed by atoms with E-state index in [4.69, 9.17) is 4.74 Å². The molecule has 118 valence electrons. The van der Waals surface area contributed by atoms with E-state index in [9.17, 15) is 17.9 Å². The molecule has 6 heteroatoms. The molecule has 2 aromatic rings. The highest BCUT2D eigenvalue weighted by atomic mass is 32.2. The second kappa shape index (κ2) is 6.89. The second-order valence-corrected chi connectivity index (χ2v) is 7.09. The molecule has 1 atom stereocenters. The van der Waals surface area contributed by atoms with Crippen LogP contribution in [0.3, 0.4) is 0 Å². The van der Waals surface area contributed by atoms with Gasteiger partial charge in [0, 0.05) is 0 Å². The molecule has 0 heterocycles. The third-order valence-electron chi connectivity index (χ3n) is 3.17. The van der Waals surface area contributed by atoms with Crippen molar-refractivity contribution >= 4 is 9.84 Å². The summed E-state index contributed by atoms with van der Waals surface area (Å²) in [6.07, 6.45) is -1.16. The highest BCUT2D eigenvalue weighted by molar-refractivity contribution is 7.90. The van der Waals surface area contributed by atoms with Gasteiger partial charge in [0.2, 0.25) is 0 Å². The van der Waals surface area contributed by atoms with E-state index < -0.39 is 27.5 Å². The Morgan fingerprint density at radius 1 is 1.18 bits per heavy atom. The summed E-state index contributed by atoms with van der Waals surface area (Å²) in [7, 11) is -2.08. The summed E-state index contributed by atoms with van der Waals surface area (Å²) in [5.74, 6) is -0.692. The normalized spacial score (nSPS) is 12.9. The van der Waals surface area contributed by atoms with E-state index in [1.807, 2.05) is 0 Å². The molecule has 0 bridgehead atoms. The van der Waals surface area contributed by atoms with E-state index in [0.29, 0.717) is 16.9 Å². The standard InChI is InChI=1S/C16H17FO4S/c1-21-15-7-3-5-13(9-15)16(18)11-22(19,20)10-12-4-2-6-14(17)8-12/h2-9,16,18H,10-11H2,1H3. The second-order valence-electron chi connectivity index (χ2n) is 4.98. The fourth-order valence-corrected chi connectivity index (χ4v) is 3.60. The van der Waals surface area contributed by atoms with Gasteiger partial charge in [-0.25, -0.2) is 12.8 Å². The quantitative estimate of drug-likeness (QED) is 0.887. The Morgan fingerprint density at radius 3 is 2.59 bits per heavy atom. The number of aliphatic hydroxyl groups is 1. The number of hydrogen-bond donors (Lipinski definition) is 1.